The van der Waals surface area contributed by atoms with E-state index in [-0.39, 0.29) is 0 Å². The number of furan rings is 1. The lowest BCUT2D eigenvalue weighted by atomic mass is 10.4. The highest BCUT2D eigenvalue weighted by atomic mass is 16.3. The maximum absolute atomic E-state index is 5.44. The van der Waals surface area contributed by atoms with Crippen LogP contribution in [0.1, 0.15) is 12.8 Å². The zero-order chi connectivity index (χ0) is 15.4. The third kappa shape index (κ3) is 1.84. The second-order valence-electron chi connectivity index (χ2n) is 5.79. The van der Waals surface area contributed by atoms with Crippen LogP contribution in [0.3, 0.4) is 0 Å². The molecule has 0 saturated carbocycles. The summed E-state index contributed by atoms with van der Waals surface area (Å²) in [6, 6.07) is 3.69. The minimum atomic E-state index is 0.564. The molecular formula is C15H15N7O. The molecule has 8 nitrogen and oxygen atoms in total. The van der Waals surface area contributed by atoms with Gasteiger partial charge >= 0.3 is 0 Å². The fourth-order valence-corrected chi connectivity index (χ4v) is 3.12. The van der Waals surface area contributed by atoms with E-state index >= 15 is 0 Å². The molecule has 1 aliphatic rings. The van der Waals surface area contributed by atoms with Crippen molar-refractivity contribution in [3.8, 4) is 11.6 Å². The number of anilines is 1. The molecule has 5 heterocycles. The first kappa shape index (κ1) is 12.6. The Morgan fingerprint density at radius 2 is 2.00 bits per heavy atom. The fraction of sp³-hybridized carbons (Fsp3) is 0.333. The second kappa shape index (κ2) is 4.55. The van der Waals surface area contributed by atoms with Gasteiger partial charge in [0, 0.05) is 26.3 Å². The monoisotopic (exact) mass is 309 g/mol. The van der Waals surface area contributed by atoms with Crippen LogP contribution in [-0.4, -0.2) is 42.5 Å². The quantitative estimate of drug-likeness (QED) is 0.562. The lowest BCUT2D eigenvalue weighted by Gasteiger charge is -2.16. The Morgan fingerprint density at radius 1 is 1.13 bits per heavy atom. The van der Waals surface area contributed by atoms with Gasteiger partial charge in [-0.15, -0.1) is 5.10 Å². The number of hydrogen-bond acceptors (Lipinski definition) is 6. The Hall–Kier alpha value is -2.90. The Labute approximate surface area is 131 Å². The smallest absolute Gasteiger partial charge is 0.230 e. The minimum Gasteiger partial charge on any atom is -0.461 e. The molecule has 1 fully saturated rings. The van der Waals surface area contributed by atoms with E-state index in [4.69, 9.17) is 9.40 Å². The first-order chi connectivity index (χ1) is 11.3. The molecule has 0 aromatic carbocycles. The normalized spacial score (nSPS) is 15.3. The Morgan fingerprint density at radius 3 is 2.78 bits per heavy atom. The third-order valence-corrected chi connectivity index (χ3v) is 4.18. The highest BCUT2D eigenvalue weighted by Gasteiger charge is 2.22. The predicted molar refractivity (Wildman–Crippen MR) is 84.2 cm³/mol. The van der Waals surface area contributed by atoms with Crippen molar-refractivity contribution in [3.63, 3.8) is 0 Å². The summed E-state index contributed by atoms with van der Waals surface area (Å²) in [5, 5.41) is 9.96. The molecule has 0 N–H and O–H groups in total. The van der Waals surface area contributed by atoms with E-state index in [1.54, 1.807) is 10.9 Å². The summed E-state index contributed by atoms with van der Waals surface area (Å²) >= 11 is 0. The summed E-state index contributed by atoms with van der Waals surface area (Å²) in [6.07, 6.45) is 5.89. The average molecular weight is 309 g/mol. The topological polar surface area (TPSA) is 77.3 Å². The summed E-state index contributed by atoms with van der Waals surface area (Å²) in [5.74, 6) is 2.01. The van der Waals surface area contributed by atoms with Gasteiger partial charge in [0.25, 0.3) is 0 Å². The summed E-state index contributed by atoms with van der Waals surface area (Å²) in [4.78, 5) is 11.6. The Balaban J connectivity index is 1.83. The van der Waals surface area contributed by atoms with E-state index in [1.807, 2.05) is 29.9 Å². The molecule has 23 heavy (non-hydrogen) atoms. The standard InChI is InChI=1S/C15H15N7O/c1-20-9-10-12(18-20)17-15(21-6-2-3-7-21)22-14(10)16-13(19-22)11-5-4-8-23-11/h4-5,8-9H,2-3,6-7H2,1H3. The van der Waals surface area contributed by atoms with Crippen molar-refractivity contribution in [3.05, 3.63) is 24.6 Å². The van der Waals surface area contributed by atoms with E-state index in [9.17, 15) is 0 Å². The van der Waals surface area contributed by atoms with Crippen LogP contribution in [0.25, 0.3) is 28.3 Å². The van der Waals surface area contributed by atoms with Crippen molar-refractivity contribution < 1.29 is 4.42 Å². The van der Waals surface area contributed by atoms with E-state index in [1.165, 1.54) is 12.8 Å². The first-order valence-corrected chi connectivity index (χ1v) is 7.68. The molecule has 0 radical (unpaired) electrons. The van der Waals surface area contributed by atoms with E-state index in [0.717, 1.165) is 30.1 Å². The van der Waals surface area contributed by atoms with Crippen molar-refractivity contribution in [2.45, 2.75) is 12.8 Å². The molecule has 116 valence electrons. The van der Waals surface area contributed by atoms with Gasteiger partial charge in [-0.1, -0.05) is 0 Å². The zero-order valence-electron chi connectivity index (χ0n) is 12.7. The van der Waals surface area contributed by atoms with Crippen LogP contribution in [0, 0.1) is 0 Å². The molecule has 4 aromatic heterocycles. The molecule has 1 aliphatic heterocycles. The molecule has 0 atom stereocenters. The number of aryl methyl sites for hydroxylation is 1. The van der Waals surface area contributed by atoms with E-state index in [2.05, 4.69) is 20.1 Å². The van der Waals surface area contributed by atoms with Gasteiger partial charge in [-0.05, 0) is 25.0 Å². The van der Waals surface area contributed by atoms with Gasteiger partial charge in [-0.25, -0.2) is 4.98 Å². The largest absolute Gasteiger partial charge is 0.461 e. The highest BCUT2D eigenvalue weighted by Crippen LogP contribution is 2.26. The molecule has 5 rings (SSSR count). The summed E-state index contributed by atoms with van der Waals surface area (Å²) in [7, 11) is 1.89. The maximum Gasteiger partial charge on any atom is 0.230 e. The van der Waals surface area contributed by atoms with Gasteiger partial charge in [0.1, 0.15) is 0 Å². The number of aromatic nitrogens is 6. The first-order valence-electron chi connectivity index (χ1n) is 7.68. The van der Waals surface area contributed by atoms with Gasteiger partial charge in [-0.3, -0.25) is 4.68 Å². The summed E-state index contributed by atoms with van der Waals surface area (Å²) in [6.45, 7) is 1.97. The van der Waals surface area contributed by atoms with E-state index < -0.39 is 0 Å². The molecule has 8 heteroatoms. The molecule has 0 amide bonds. The average Bonchev–Trinajstić information content (AvgIpc) is 3.30. The Bertz CT molecular complexity index is 992. The van der Waals surface area contributed by atoms with Crippen molar-refractivity contribution >= 4 is 22.6 Å². The maximum atomic E-state index is 5.44. The van der Waals surface area contributed by atoms with Crippen LogP contribution in [0.5, 0.6) is 0 Å². The van der Waals surface area contributed by atoms with Crippen LogP contribution < -0.4 is 4.90 Å². The number of fused-ring (bicyclic) bond motifs is 3. The van der Waals surface area contributed by atoms with Gasteiger partial charge in [0.05, 0.1) is 11.6 Å². The predicted octanol–water partition coefficient (Wildman–Crippen LogP) is 1.87. The van der Waals surface area contributed by atoms with Gasteiger partial charge < -0.3 is 9.32 Å². The van der Waals surface area contributed by atoms with Crippen LogP contribution in [-0.2, 0) is 7.05 Å². The van der Waals surface area contributed by atoms with Crippen LogP contribution >= 0.6 is 0 Å². The van der Waals surface area contributed by atoms with Crippen molar-refractivity contribution in [2.24, 2.45) is 7.05 Å². The SMILES string of the molecule is Cn1cc2c(nc(N3CCCC3)n3nc(-c4ccco4)nc23)n1. The molecular weight excluding hydrogens is 294 g/mol. The highest BCUT2D eigenvalue weighted by molar-refractivity contribution is 5.90. The van der Waals surface area contributed by atoms with E-state index in [0.29, 0.717) is 17.2 Å². The van der Waals surface area contributed by atoms with Gasteiger partial charge in [0.2, 0.25) is 11.8 Å². The molecule has 0 unspecified atom stereocenters. The molecule has 0 aliphatic carbocycles. The fourth-order valence-electron chi connectivity index (χ4n) is 3.12. The van der Waals surface area contributed by atoms with Crippen LogP contribution in [0.15, 0.2) is 29.0 Å². The number of rotatable bonds is 2. The minimum absolute atomic E-state index is 0.564. The molecule has 4 aromatic rings. The molecule has 1 saturated heterocycles. The Kier molecular flexibility index (Phi) is 2.50. The summed E-state index contributed by atoms with van der Waals surface area (Å²) in [5.41, 5.74) is 1.46. The van der Waals surface area contributed by atoms with Crippen molar-refractivity contribution in [1.29, 1.82) is 0 Å². The lowest BCUT2D eigenvalue weighted by molar-refractivity contribution is 0.577. The number of nitrogens with zero attached hydrogens (tertiary/aromatic N) is 7. The van der Waals surface area contributed by atoms with Crippen molar-refractivity contribution in [2.75, 3.05) is 18.0 Å². The zero-order valence-corrected chi connectivity index (χ0v) is 12.7. The van der Waals surface area contributed by atoms with Crippen LogP contribution in [0.2, 0.25) is 0 Å². The number of hydrogen-bond donors (Lipinski definition) is 0. The second-order valence-corrected chi connectivity index (χ2v) is 5.79. The van der Waals surface area contributed by atoms with Gasteiger partial charge in [-0.2, -0.15) is 14.6 Å². The van der Waals surface area contributed by atoms with Gasteiger partial charge in [0.15, 0.2) is 17.1 Å². The molecule has 0 spiro atoms. The van der Waals surface area contributed by atoms with Crippen molar-refractivity contribution in [1.82, 2.24) is 29.4 Å². The summed E-state index contributed by atoms with van der Waals surface area (Å²) < 4.78 is 9.01. The van der Waals surface area contributed by atoms with Crippen LogP contribution in [0.4, 0.5) is 5.95 Å². The third-order valence-electron chi connectivity index (χ3n) is 4.18. The lowest BCUT2D eigenvalue weighted by Crippen LogP contribution is -2.22. The molecule has 0 bridgehead atoms.